The molecule has 0 saturated heterocycles. The Balaban J connectivity index is 1.35. The SMILES string of the molecule is Cc1ccc(Cl)c(OCn2ccc(C(=O)Nc3ccn(Cc4ccc(F)cc4Cl)n3)n2)c1. The third kappa shape index (κ3) is 5.27. The molecule has 164 valence electrons. The van der Waals surface area contributed by atoms with E-state index in [1.807, 2.05) is 19.1 Å². The van der Waals surface area contributed by atoms with Crippen LogP contribution in [0.5, 0.6) is 5.75 Å². The first-order valence-corrected chi connectivity index (χ1v) is 10.3. The van der Waals surface area contributed by atoms with Crippen LogP contribution in [0.1, 0.15) is 21.6 Å². The molecule has 0 aliphatic heterocycles. The molecule has 2 heterocycles. The van der Waals surface area contributed by atoms with Crippen LogP contribution in [0.15, 0.2) is 60.9 Å². The number of nitrogens with zero attached hydrogens (tertiary/aromatic N) is 4. The molecule has 0 spiro atoms. The number of aryl methyl sites for hydroxylation is 1. The zero-order valence-corrected chi connectivity index (χ0v) is 18.4. The minimum atomic E-state index is -0.414. The van der Waals surface area contributed by atoms with Gasteiger partial charge in [0, 0.05) is 23.5 Å². The van der Waals surface area contributed by atoms with E-state index in [0.717, 1.165) is 5.56 Å². The van der Waals surface area contributed by atoms with Crippen molar-refractivity contribution in [3.8, 4) is 5.75 Å². The Kier molecular flexibility index (Phi) is 6.43. The molecule has 0 fully saturated rings. The van der Waals surface area contributed by atoms with Crippen molar-refractivity contribution < 1.29 is 13.9 Å². The van der Waals surface area contributed by atoms with Gasteiger partial charge in [0.15, 0.2) is 18.2 Å². The predicted molar refractivity (Wildman–Crippen MR) is 120 cm³/mol. The monoisotopic (exact) mass is 473 g/mol. The number of rotatable bonds is 7. The first-order valence-electron chi connectivity index (χ1n) is 9.58. The molecule has 0 radical (unpaired) electrons. The van der Waals surface area contributed by atoms with Crippen LogP contribution in [0.25, 0.3) is 0 Å². The van der Waals surface area contributed by atoms with Gasteiger partial charge < -0.3 is 10.1 Å². The molecular weight excluding hydrogens is 456 g/mol. The Hall–Kier alpha value is -3.36. The maximum atomic E-state index is 13.2. The van der Waals surface area contributed by atoms with Crippen LogP contribution < -0.4 is 10.1 Å². The Morgan fingerprint density at radius 1 is 1.03 bits per heavy atom. The lowest BCUT2D eigenvalue weighted by molar-refractivity contribution is 0.101. The van der Waals surface area contributed by atoms with Gasteiger partial charge in [-0.1, -0.05) is 35.3 Å². The quantitative estimate of drug-likeness (QED) is 0.401. The smallest absolute Gasteiger partial charge is 0.277 e. The van der Waals surface area contributed by atoms with Gasteiger partial charge in [0.1, 0.15) is 11.6 Å². The van der Waals surface area contributed by atoms with Crippen LogP contribution >= 0.6 is 23.2 Å². The number of amides is 1. The molecule has 2 aromatic heterocycles. The van der Waals surface area contributed by atoms with Crippen molar-refractivity contribution in [1.82, 2.24) is 19.6 Å². The Morgan fingerprint density at radius 2 is 1.84 bits per heavy atom. The van der Waals surface area contributed by atoms with Crippen molar-refractivity contribution in [3.63, 3.8) is 0 Å². The Morgan fingerprint density at radius 3 is 2.66 bits per heavy atom. The molecule has 0 atom stereocenters. The minimum Gasteiger partial charge on any atom is -0.470 e. The third-order valence-electron chi connectivity index (χ3n) is 4.54. The largest absolute Gasteiger partial charge is 0.470 e. The van der Waals surface area contributed by atoms with E-state index < -0.39 is 11.7 Å². The van der Waals surface area contributed by atoms with Gasteiger partial charge in [-0.2, -0.15) is 10.2 Å². The normalized spacial score (nSPS) is 10.9. The molecule has 1 amide bonds. The Labute approximate surface area is 193 Å². The van der Waals surface area contributed by atoms with Gasteiger partial charge in [0.2, 0.25) is 0 Å². The zero-order valence-electron chi connectivity index (χ0n) is 16.9. The first-order chi connectivity index (χ1) is 15.4. The van der Waals surface area contributed by atoms with E-state index in [4.69, 9.17) is 27.9 Å². The molecule has 10 heteroatoms. The number of aromatic nitrogens is 4. The fraction of sp³-hybridized carbons (Fsp3) is 0.136. The standard InChI is InChI=1S/C22H18Cl2FN5O2/c1-14-2-5-17(23)20(10-14)32-13-30-8-6-19(27-30)22(31)26-21-7-9-29(28-21)12-15-3-4-16(25)11-18(15)24/h2-11H,12-13H2,1H3,(H,26,28,31). The summed E-state index contributed by atoms with van der Waals surface area (Å²) in [4.78, 5) is 12.5. The molecule has 4 rings (SSSR count). The fourth-order valence-electron chi connectivity index (χ4n) is 2.93. The summed E-state index contributed by atoms with van der Waals surface area (Å²) in [6, 6.07) is 12.9. The van der Waals surface area contributed by atoms with E-state index in [9.17, 15) is 9.18 Å². The molecule has 1 N–H and O–H groups in total. The number of anilines is 1. The lowest BCUT2D eigenvalue weighted by Crippen LogP contribution is -2.15. The van der Waals surface area contributed by atoms with Crippen molar-refractivity contribution in [2.75, 3.05) is 5.32 Å². The minimum absolute atomic E-state index is 0.101. The number of ether oxygens (including phenoxy) is 1. The summed E-state index contributed by atoms with van der Waals surface area (Å²) < 4.78 is 21.9. The van der Waals surface area contributed by atoms with E-state index in [1.165, 1.54) is 16.8 Å². The van der Waals surface area contributed by atoms with Crippen LogP contribution in [0.3, 0.4) is 0 Å². The fourth-order valence-corrected chi connectivity index (χ4v) is 3.33. The molecule has 0 aliphatic rings. The lowest BCUT2D eigenvalue weighted by atomic mass is 10.2. The average Bonchev–Trinajstić information content (AvgIpc) is 3.40. The second-order valence-electron chi connectivity index (χ2n) is 7.04. The highest BCUT2D eigenvalue weighted by Crippen LogP contribution is 2.25. The molecule has 0 saturated carbocycles. The van der Waals surface area contributed by atoms with Crippen LogP contribution in [0, 0.1) is 12.7 Å². The summed E-state index contributed by atoms with van der Waals surface area (Å²) in [7, 11) is 0. The van der Waals surface area contributed by atoms with Gasteiger partial charge in [-0.05, 0) is 48.4 Å². The zero-order chi connectivity index (χ0) is 22.7. The molecule has 0 aliphatic carbocycles. The summed E-state index contributed by atoms with van der Waals surface area (Å²) >= 11 is 12.2. The van der Waals surface area contributed by atoms with E-state index >= 15 is 0 Å². The molecular formula is C22H18Cl2FN5O2. The number of nitrogens with one attached hydrogen (secondary N) is 1. The van der Waals surface area contributed by atoms with Crippen molar-refractivity contribution in [3.05, 3.63) is 93.6 Å². The summed E-state index contributed by atoms with van der Waals surface area (Å²) in [5.41, 5.74) is 1.94. The van der Waals surface area contributed by atoms with E-state index in [0.29, 0.717) is 33.7 Å². The number of hydrogen-bond donors (Lipinski definition) is 1. The van der Waals surface area contributed by atoms with Gasteiger partial charge in [0.05, 0.1) is 11.6 Å². The predicted octanol–water partition coefficient (Wildman–Crippen LogP) is 5.17. The maximum Gasteiger partial charge on any atom is 0.277 e. The number of benzene rings is 2. The van der Waals surface area contributed by atoms with E-state index in [1.54, 1.807) is 41.3 Å². The van der Waals surface area contributed by atoms with Crippen LogP contribution in [0.4, 0.5) is 10.2 Å². The third-order valence-corrected chi connectivity index (χ3v) is 5.21. The van der Waals surface area contributed by atoms with Crippen LogP contribution in [0.2, 0.25) is 10.0 Å². The molecule has 2 aromatic carbocycles. The number of hydrogen-bond acceptors (Lipinski definition) is 4. The van der Waals surface area contributed by atoms with Crippen molar-refractivity contribution >= 4 is 34.9 Å². The Bertz CT molecular complexity index is 1270. The van der Waals surface area contributed by atoms with Gasteiger partial charge in [0.25, 0.3) is 5.91 Å². The average molecular weight is 474 g/mol. The number of carbonyl (C=O) groups is 1. The topological polar surface area (TPSA) is 74.0 Å². The molecule has 4 aromatic rings. The highest BCUT2D eigenvalue weighted by molar-refractivity contribution is 6.32. The van der Waals surface area contributed by atoms with Gasteiger partial charge in [-0.15, -0.1) is 0 Å². The van der Waals surface area contributed by atoms with Crippen molar-refractivity contribution in [1.29, 1.82) is 0 Å². The van der Waals surface area contributed by atoms with Gasteiger partial charge in [-0.3, -0.25) is 9.48 Å². The van der Waals surface area contributed by atoms with Crippen LogP contribution in [-0.2, 0) is 13.3 Å². The number of carbonyl (C=O) groups excluding carboxylic acids is 1. The summed E-state index contributed by atoms with van der Waals surface area (Å²) in [6.45, 7) is 2.38. The van der Waals surface area contributed by atoms with Gasteiger partial charge >= 0.3 is 0 Å². The molecule has 32 heavy (non-hydrogen) atoms. The molecule has 0 bridgehead atoms. The van der Waals surface area contributed by atoms with E-state index in [-0.39, 0.29) is 12.4 Å². The summed E-state index contributed by atoms with van der Waals surface area (Å²) in [5, 5.41) is 12.0. The number of halogens is 3. The van der Waals surface area contributed by atoms with Gasteiger partial charge in [-0.25, -0.2) is 9.07 Å². The lowest BCUT2D eigenvalue weighted by Gasteiger charge is -2.08. The van der Waals surface area contributed by atoms with Crippen molar-refractivity contribution in [2.24, 2.45) is 0 Å². The highest BCUT2D eigenvalue weighted by atomic mass is 35.5. The van der Waals surface area contributed by atoms with E-state index in [2.05, 4.69) is 15.5 Å². The summed E-state index contributed by atoms with van der Waals surface area (Å²) in [6.07, 6.45) is 3.32. The maximum absolute atomic E-state index is 13.2. The molecule has 0 unspecified atom stereocenters. The van der Waals surface area contributed by atoms with Crippen LogP contribution in [-0.4, -0.2) is 25.5 Å². The molecule has 7 nitrogen and oxygen atoms in total. The second kappa shape index (κ2) is 9.42. The second-order valence-corrected chi connectivity index (χ2v) is 7.85. The summed E-state index contributed by atoms with van der Waals surface area (Å²) in [5.74, 6) is 0.0759. The first kappa shape index (κ1) is 21.9. The van der Waals surface area contributed by atoms with Crippen molar-refractivity contribution in [2.45, 2.75) is 20.2 Å². The highest BCUT2D eigenvalue weighted by Gasteiger charge is 2.13.